The molecule has 142 valence electrons. The van der Waals surface area contributed by atoms with Gasteiger partial charge in [0.15, 0.2) is 0 Å². The van der Waals surface area contributed by atoms with Gasteiger partial charge in [-0.2, -0.15) is 0 Å². The Hall–Kier alpha value is -2.87. The van der Waals surface area contributed by atoms with Crippen LogP contribution in [0.4, 0.5) is 4.39 Å². The van der Waals surface area contributed by atoms with Gasteiger partial charge in [-0.15, -0.1) is 0 Å². The number of rotatable bonds is 6. The first-order valence-corrected chi connectivity index (χ1v) is 8.78. The minimum atomic E-state index is -0.584. The van der Waals surface area contributed by atoms with Crippen LogP contribution in [-0.2, 0) is 22.7 Å². The van der Waals surface area contributed by atoms with Gasteiger partial charge in [-0.25, -0.2) is 4.39 Å². The van der Waals surface area contributed by atoms with E-state index in [0.29, 0.717) is 31.9 Å². The van der Waals surface area contributed by atoms with E-state index in [2.05, 4.69) is 15.3 Å². The fraction of sp³-hybridized carbons (Fsp3) is 0.368. The van der Waals surface area contributed by atoms with E-state index in [0.717, 1.165) is 5.56 Å². The normalized spacial score (nSPS) is 17.4. The highest BCUT2D eigenvalue weighted by Crippen LogP contribution is 2.16. The summed E-state index contributed by atoms with van der Waals surface area (Å²) in [6.45, 7) is 1.85. The third kappa shape index (κ3) is 5.07. The van der Waals surface area contributed by atoms with Gasteiger partial charge in [0.1, 0.15) is 5.82 Å². The molecule has 0 radical (unpaired) electrons. The zero-order valence-electron chi connectivity index (χ0n) is 15.1. The van der Waals surface area contributed by atoms with Crippen molar-refractivity contribution in [2.75, 3.05) is 20.1 Å². The Morgan fingerprint density at radius 2 is 2.26 bits per heavy atom. The number of hydrogen-bond acceptors (Lipinski definition) is 5. The minimum Gasteiger partial charge on any atom is -0.353 e. The molecule has 1 aromatic carbocycles. The lowest BCUT2D eigenvalue weighted by molar-refractivity contribution is -0.138. The first kappa shape index (κ1) is 18.9. The molecule has 27 heavy (non-hydrogen) atoms. The largest absolute Gasteiger partial charge is 0.353 e. The average Bonchev–Trinajstić information content (AvgIpc) is 2.65. The van der Waals surface area contributed by atoms with Crippen LogP contribution in [0.2, 0.25) is 0 Å². The molecule has 1 aliphatic rings. The Labute approximate surface area is 157 Å². The molecule has 2 aromatic rings. The summed E-state index contributed by atoms with van der Waals surface area (Å²) in [6, 6.07) is 5.71. The number of piperazine rings is 1. The van der Waals surface area contributed by atoms with Gasteiger partial charge in [-0.3, -0.25) is 24.5 Å². The number of nitrogens with one attached hydrogen (secondary N) is 1. The zero-order valence-corrected chi connectivity index (χ0v) is 15.1. The van der Waals surface area contributed by atoms with Crippen LogP contribution in [0.25, 0.3) is 0 Å². The van der Waals surface area contributed by atoms with E-state index in [4.69, 9.17) is 0 Å². The monoisotopic (exact) mass is 371 g/mol. The van der Waals surface area contributed by atoms with E-state index >= 15 is 0 Å². The summed E-state index contributed by atoms with van der Waals surface area (Å²) in [7, 11) is 1.68. The number of hydrogen-bond donors (Lipinski definition) is 1. The molecule has 0 unspecified atom stereocenters. The number of benzene rings is 1. The van der Waals surface area contributed by atoms with E-state index in [-0.39, 0.29) is 24.1 Å². The molecule has 3 rings (SSSR count). The summed E-state index contributed by atoms with van der Waals surface area (Å²) >= 11 is 0. The molecule has 1 aliphatic heterocycles. The molecule has 8 heteroatoms. The van der Waals surface area contributed by atoms with Crippen LogP contribution in [0.3, 0.4) is 0 Å². The predicted molar refractivity (Wildman–Crippen MR) is 96.7 cm³/mol. The highest BCUT2D eigenvalue weighted by molar-refractivity contribution is 5.88. The van der Waals surface area contributed by atoms with Crippen LogP contribution < -0.4 is 5.32 Å². The van der Waals surface area contributed by atoms with Gasteiger partial charge in [-0.1, -0.05) is 12.1 Å². The molecule has 1 aromatic heterocycles. The molecular weight excluding hydrogens is 349 g/mol. The summed E-state index contributed by atoms with van der Waals surface area (Å²) in [5, 5.41) is 2.81. The van der Waals surface area contributed by atoms with Crippen molar-refractivity contribution in [1.82, 2.24) is 25.1 Å². The third-order valence-corrected chi connectivity index (χ3v) is 4.53. The molecule has 0 saturated carbocycles. The number of nitrogens with zero attached hydrogens (tertiary/aromatic N) is 4. The smallest absolute Gasteiger partial charge is 0.237 e. The number of amides is 2. The van der Waals surface area contributed by atoms with E-state index in [1.165, 1.54) is 17.0 Å². The van der Waals surface area contributed by atoms with Crippen molar-refractivity contribution in [3.05, 3.63) is 59.9 Å². The Morgan fingerprint density at radius 1 is 1.41 bits per heavy atom. The lowest BCUT2D eigenvalue weighted by Crippen LogP contribution is -2.56. The SMILES string of the molecule is CN(Cc1cnccn1)C(=O)C[C@@H]1C(=O)NCCN1Cc1cccc(F)c1. The summed E-state index contributed by atoms with van der Waals surface area (Å²) in [5.41, 5.74) is 1.45. The Morgan fingerprint density at radius 3 is 3.00 bits per heavy atom. The van der Waals surface area contributed by atoms with Crippen LogP contribution in [-0.4, -0.2) is 57.8 Å². The van der Waals surface area contributed by atoms with Gasteiger partial charge in [0.2, 0.25) is 11.8 Å². The highest BCUT2D eigenvalue weighted by Gasteiger charge is 2.32. The number of carbonyl (C=O) groups is 2. The molecule has 2 heterocycles. The quantitative estimate of drug-likeness (QED) is 0.819. The number of halogens is 1. The highest BCUT2D eigenvalue weighted by atomic mass is 19.1. The van der Waals surface area contributed by atoms with E-state index in [1.54, 1.807) is 31.7 Å². The maximum absolute atomic E-state index is 13.4. The van der Waals surface area contributed by atoms with Crippen LogP contribution in [0.1, 0.15) is 17.7 Å². The van der Waals surface area contributed by atoms with Crippen molar-refractivity contribution in [2.24, 2.45) is 0 Å². The molecule has 0 spiro atoms. The van der Waals surface area contributed by atoms with Crippen molar-refractivity contribution in [2.45, 2.75) is 25.6 Å². The van der Waals surface area contributed by atoms with Crippen molar-refractivity contribution < 1.29 is 14.0 Å². The van der Waals surface area contributed by atoms with Gasteiger partial charge in [0.05, 0.1) is 30.9 Å². The molecule has 1 fully saturated rings. The van der Waals surface area contributed by atoms with Crippen molar-refractivity contribution in [3.8, 4) is 0 Å². The lowest BCUT2D eigenvalue weighted by Gasteiger charge is -2.35. The predicted octanol–water partition coefficient (Wildman–Crippen LogP) is 0.965. The molecule has 0 bridgehead atoms. The molecular formula is C19H22FN5O2. The van der Waals surface area contributed by atoms with E-state index < -0.39 is 6.04 Å². The summed E-state index contributed by atoms with van der Waals surface area (Å²) in [4.78, 5) is 36.6. The van der Waals surface area contributed by atoms with Crippen LogP contribution in [0, 0.1) is 5.82 Å². The maximum Gasteiger partial charge on any atom is 0.237 e. The third-order valence-electron chi connectivity index (χ3n) is 4.53. The molecule has 1 saturated heterocycles. The topological polar surface area (TPSA) is 78.4 Å². The second kappa shape index (κ2) is 8.68. The summed E-state index contributed by atoms with van der Waals surface area (Å²) in [6.07, 6.45) is 4.80. The Bertz CT molecular complexity index is 802. The second-order valence-corrected chi connectivity index (χ2v) is 6.56. The van der Waals surface area contributed by atoms with Gasteiger partial charge in [0, 0.05) is 39.1 Å². The van der Waals surface area contributed by atoms with Crippen LogP contribution in [0.5, 0.6) is 0 Å². The molecule has 1 N–H and O–H groups in total. The fourth-order valence-corrected chi connectivity index (χ4v) is 3.11. The Balaban J connectivity index is 1.65. The molecule has 0 aliphatic carbocycles. The van der Waals surface area contributed by atoms with Crippen molar-refractivity contribution in [3.63, 3.8) is 0 Å². The van der Waals surface area contributed by atoms with Crippen molar-refractivity contribution in [1.29, 1.82) is 0 Å². The van der Waals surface area contributed by atoms with Gasteiger partial charge >= 0.3 is 0 Å². The first-order valence-electron chi connectivity index (χ1n) is 8.78. The van der Waals surface area contributed by atoms with Crippen LogP contribution >= 0.6 is 0 Å². The summed E-state index contributed by atoms with van der Waals surface area (Å²) < 4.78 is 13.4. The molecule has 7 nitrogen and oxygen atoms in total. The summed E-state index contributed by atoms with van der Waals surface area (Å²) in [5.74, 6) is -0.656. The number of aromatic nitrogens is 2. The lowest BCUT2D eigenvalue weighted by atomic mass is 10.1. The number of carbonyl (C=O) groups excluding carboxylic acids is 2. The zero-order chi connectivity index (χ0) is 19.2. The molecule has 2 amide bonds. The van der Waals surface area contributed by atoms with Crippen molar-refractivity contribution >= 4 is 11.8 Å². The molecule has 1 atom stereocenters. The minimum absolute atomic E-state index is 0.0535. The second-order valence-electron chi connectivity index (χ2n) is 6.56. The van der Waals surface area contributed by atoms with Gasteiger partial charge in [-0.05, 0) is 17.7 Å². The maximum atomic E-state index is 13.4. The first-order chi connectivity index (χ1) is 13.0. The van der Waals surface area contributed by atoms with E-state index in [1.807, 2.05) is 11.0 Å². The fourth-order valence-electron chi connectivity index (χ4n) is 3.11. The Kier molecular flexibility index (Phi) is 6.08. The van der Waals surface area contributed by atoms with Gasteiger partial charge < -0.3 is 10.2 Å². The van der Waals surface area contributed by atoms with E-state index in [9.17, 15) is 14.0 Å². The van der Waals surface area contributed by atoms with Crippen LogP contribution in [0.15, 0.2) is 42.9 Å². The standard InChI is InChI=1S/C19H22FN5O2/c1-24(13-16-11-21-5-6-22-16)18(26)10-17-19(27)23-7-8-25(17)12-14-3-2-4-15(20)9-14/h2-6,9,11,17H,7-8,10,12-13H2,1H3,(H,23,27)/t17-/m1/s1. The van der Waals surface area contributed by atoms with Gasteiger partial charge in [0.25, 0.3) is 0 Å². The average molecular weight is 371 g/mol.